The van der Waals surface area contributed by atoms with Crippen LogP contribution in [0, 0.1) is 0 Å². The van der Waals surface area contributed by atoms with Crippen molar-refractivity contribution in [2.75, 3.05) is 0 Å². The molecule has 0 aliphatic rings. The van der Waals surface area contributed by atoms with Crippen LogP contribution in [0.5, 0.6) is 5.75 Å². The van der Waals surface area contributed by atoms with Crippen molar-refractivity contribution in [3.63, 3.8) is 0 Å². The predicted molar refractivity (Wildman–Crippen MR) is 83.1 cm³/mol. The monoisotopic (exact) mass is 353 g/mol. The highest BCUT2D eigenvalue weighted by atomic mass is 79.9. The maximum Gasteiger partial charge on any atom is 0.255 e. The van der Waals surface area contributed by atoms with E-state index in [9.17, 15) is 9.90 Å². The van der Waals surface area contributed by atoms with Crippen molar-refractivity contribution in [2.24, 2.45) is 0 Å². The lowest BCUT2D eigenvalue weighted by atomic mass is 10.1. The molecule has 0 heterocycles. The number of carbonyl (C=O) groups is 1. The summed E-state index contributed by atoms with van der Waals surface area (Å²) in [4.78, 5) is 12.1. The van der Waals surface area contributed by atoms with Gasteiger partial charge in [0.1, 0.15) is 5.75 Å². The molecule has 1 atom stereocenters. The van der Waals surface area contributed by atoms with E-state index in [1.54, 1.807) is 0 Å². The third kappa shape index (κ3) is 3.52. The number of hydrogen-bond donors (Lipinski definition) is 2. The normalized spacial score (nSPS) is 11.9. The van der Waals surface area contributed by atoms with Crippen molar-refractivity contribution in [1.29, 1.82) is 0 Å². The predicted octanol–water partition coefficient (Wildman–Crippen LogP) is 4.30. The highest BCUT2D eigenvalue weighted by Gasteiger charge is 2.15. The van der Waals surface area contributed by atoms with E-state index in [0.717, 1.165) is 10.0 Å². The Hall–Kier alpha value is -1.52. The zero-order chi connectivity index (χ0) is 14.7. The van der Waals surface area contributed by atoms with Crippen LogP contribution in [0.1, 0.15) is 28.9 Å². The third-order valence-corrected chi connectivity index (χ3v) is 3.63. The first-order chi connectivity index (χ1) is 9.47. The van der Waals surface area contributed by atoms with Gasteiger partial charge in [-0.15, -0.1) is 0 Å². The van der Waals surface area contributed by atoms with Crippen molar-refractivity contribution < 1.29 is 9.90 Å². The smallest absolute Gasteiger partial charge is 0.255 e. The quantitative estimate of drug-likeness (QED) is 0.863. The summed E-state index contributed by atoms with van der Waals surface area (Å²) in [6.45, 7) is 1.88. The van der Waals surface area contributed by atoms with E-state index in [2.05, 4.69) is 21.2 Å². The number of nitrogens with one attached hydrogen (secondary N) is 1. The summed E-state index contributed by atoms with van der Waals surface area (Å²) in [5.74, 6) is -0.453. The van der Waals surface area contributed by atoms with Gasteiger partial charge in [0.2, 0.25) is 0 Å². The number of benzene rings is 2. The molecule has 0 bridgehead atoms. The van der Waals surface area contributed by atoms with E-state index in [1.807, 2.05) is 31.2 Å². The molecule has 0 fully saturated rings. The van der Waals surface area contributed by atoms with Crippen molar-refractivity contribution in [1.82, 2.24) is 5.32 Å². The van der Waals surface area contributed by atoms with Crippen molar-refractivity contribution in [3.05, 3.63) is 63.1 Å². The molecule has 0 spiro atoms. The summed E-state index contributed by atoms with van der Waals surface area (Å²) in [5.41, 5.74) is 1.13. The van der Waals surface area contributed by atoms with Gasteiger partial charge in [0.05, 0.1) is 11.6 Å². The molecule has 104 valence electrons. The number of phenolic OH excluding ortho intramolecular Hbond substituents is 1. The summed E-state index contributed by atoms with van der Waals surface area (Å²) in [6.07, 6.45) is 0. The summed E-state index contributed by atoms with van der Waals surface area (Å²) < 4.78 is 0.946. The summed E-state index contributed by atoms with van der Waals surface area (Å²) in [7, 11) is 0. The standard InChI is InChI=1S/C15H13BrClNO2/c1-9(10-3-2-4-11(16)7-10)18-15(20)13-8-12(17)5-6-14(13)19/h2-9,19H,1H3,(H,18,20). The first-order valence-electron chi connectivity index (χ1n) is 6.02. The molecule has 1 amide bonds. The van der Waals surface area contributed by atoms with Crippen LogP contribution >= 0.6 is 27.5 Å². The molecule has 3 nitrogen and oxygen atoms in total. The number of hydrogen-bond acceptors (Lipinski definition) is 2. The first kappa shape index (κ1) is 14.9. The first-order valence-corrected chi connectivity index (χ1v) is 7.19. The molecule has 5 heteroatoms. The third-order valence-electron chi connectivity index (χ3n) is 2.90. The second kappa shape index (κ2) is 6.29. The molecule has 2 aromatic rings. The van der Waals surface area contributed by atoms with Crippen LogP contribution in [0.3, 0.4) is 0 Å². The molecule has 2 aromatic carbocycles. The molecule has 0 aliphatic heterocycles. The number of halogens is 2. The minimum Gasteiger partial charge on any atom is -0.507 e. The maximum absolute atomic E-state index is 12.1. The number of phenols is 1. The summed E-state index contributed by atoms with van der Waals surface area (Å²) in [5, 5.41) is 12.9. The fourth-order valence-electron chi connectivity index (χ4n) is 1.82. The van der Waals surface area contributed by atoms with Crippen LogP contribution in [0.25, 0.3) is 0 Å². The summed E-state index contributed by atoms with van der Waals surface area (Å²) >= 11 is 9.23. The molecule has 0 radical (unpaired) electrons. The van der Waals surface area contributed by atoms with Gasteiger partial charge in [-0.3, -0.25) is 4.79 Å². The number of carbonyl (C=O) groups excluding carboxylic acids is 1. The number of aromatic hydroxyl groups is 1. The minimum absolute atomic E-state index is 0.0895. The average molecular weight is 355 g/mol. The molecule has 0 aliphatic carbocycles. The second-order valence-corrected chi connectivity index (χ2v) is 5.76. The van der Waals surface area contributed by atoms with Gasteiger partial charge in [0.25, 0.3) is 5.91 Å². The molecule has 0 saturated carbocycles. The van der Waals surface area contributed by atoms with E-state index in [0.29, 0.717) is 5.02 Å². The minimum atomic E-state index is -0.363. The molecule has 2 N–H and O–H groups in total. The zero-order valence-corrected chi connectivity index (χ0v) is 13.1. The van der Waals surface area contributed by atoms with Crippen LogP contribution in [0.4, 0.5) is 0 Å². The largest absolute Gasteiger partial charge is 0.507 e. The van der Waals surface area contributed by atoms with Gasteiger partial charge in [-0.25, -0.2) is 0 Å². The van der Waals surface area contributed by atoms with Gasteiger partial charge in [0, 0.05) is 9.50 Å². The Morgan fingerprint density at radius 3 is 2.75 bits per heavy atom. The summed E-state index contributed by atoms with van der Waals surface area (Å²) in [6, 6.07) is 11.9. The Bertz CT molecular complexity index is 646. The molecule has 2 rings (SSSR count). The van der Waals surface area contributed by atoms with Gasteiger partial charge in [-0.05, 0) is 42.8 Å². The SMILES string of the molecule is CC(NC(=O)c1cc(Cl)ccc1O)c1cccc(Br)c1. The van der Waals surface area contributed by atoms with Crippen LogP contribution in [0.15, 0.2) is 46.9 Å². The molecule has 20 heavy (non-hydrogen) atoms. The fourth-order valence-corrected chi connectivity index (χ4v) is 2.41. The van der Waals surface area contributed by atoms with Crippen LogP contribution in [-0.2, 0) is 0 Å². The molecular formula is C15H13BrClNO2. The average Bonchev–Trinajstić information content (AvgIpc) is 2.41. The molecule has 0 aromatic heterocycles. The lowest BCUT2D eigenvalue weighted by molar-refractivity contribution is 0.0937. The Morgan fingerprint density at radius 2 is 2.05 bits per heavy atom. The fraction of sp³-hybridized carbons (Fsp3) is 0.133. The molecular weight excluding hydrogens is 342 g/mol. The van der Waals surface area contributed by atoms with Gasteiger partial charge in [-0.2, -0.15) is 0 Å². The van der Waals surface area contributed by atoms with Gasteiger partial charge in [-0.1, -0.05) is 39.7 Å². The number of amides is 1. The highest BCUT2D eigenvalue weighted by Crippen LogP contribution is 2.23. The van der Waals surface area contributed by atoms with Gasteiger partial charge >= 0.3 is 0 Å². The topological polar surface area (TPSA) is 49.3 Å². The van der Waals surface area contributed by atoms with E-state index in [1.165, 1.54) is 18.2 Å². The Labute approximate surface area is 130 Å². The van der Waals surface area contributed by atoms with E-state index < -0.39 is 0 Å². The Kier molecular flexibility index (Phi) is 4.68. The molecule has 1 unspecified atom stereocenters. The van der Waals surface area contributed by atoms with Gasteiger partial charge < -0.3 is 10.4 Å². The van der Waals surface area contributed by atoms with Crippen molar-refractivity contribution in [2.45, 2.75) is 13.0 Å². The lowest BCUT2D eigenvalue weighted by Gasteiger charge is -2.15. The van der Waals surface area contributed by atoms with E-state index in [-0.39, 0.29) is 23.3 Å². The highest BCUT2D eigenvalue weighted by molar-refractivity contribution is 9.10. The van der Waals surface area contributed by atoms with Gasteiger partial charge in [0.15, 0.2) is 0 Å². The van der Waals surface area contributed by atoms with Crippen LogP contribution in [-0.4, -0.2) is 11.0 Å². The van der Waals surface area contributed by atoms with Crippen molar-refractivity contribution >= 4 is 33.4 Å². The number of rotatable bonds is 3. The maximum atomic E-state index is 12.1. The van der Waals surface area contributed by atoms with Crippen LogP contribution in [0.2, 0.25) is 5.02 Å². The second-order valence-electron chi connectivity index (χ2n) is 4.41. The van der Waals surface area contributed by atoms with E-state index >= 15 is 0 Å². The Balaban J connectivity index is 2.17. The zero-order valence-electron chi connectivity index (χ0n) is 10.7. The lowest BCUT2D eigenvalue weighted by Crippen LogP contribution is -2.26. The van der Waals surface area contributed by atoms with Crippen LogP contribution < -0.4 is 5.32 Å². The Morgan fingerprint density at radius 1 is 1.30 bits per heavy atom. The van der Waals surface area contributed by atoms with E-state index in [4.69, 9.17) is 11.6 Å². The molecule has 0 saturated heterocycles. The van der Waals surface area contributed by atoms with Crippen molar-refractivity contribution in [3.8, 4) is 5.75 Å².